The standard InChI is InChI=1S/C10H20N2O2/c1-7(11-4)9(13)12-8-5-6-14-10(8,2)3/h7-8,11H,5-6H2,1-4H3,(H,12,13)/t7-,8?/m0/s1. The van der Waals surface area contributed by atoms with Crippen molar-refractivity contribution in [3.63, 3.8) is 0 Å². The molecule has 0 aromatic rings. The minimum absolute atomic E-state index is 0.0380. The van der Waals surface area contributed by atoms with Crippen molar-refractivity contribution in [2.24, 2.45) is 0 Å². The molecule has 0 spiro atoms. The van der Waals surface area contributed by atoms with Gasteiger partial charge in [0.2, 0.25) is 5.91 Å². The maximum atomic E-state index is 11.6. The summed E-state index contributed by atoms with van der Waals surface area (Å²) >= 11 is 0. The molecular formula is C10H20N2O2. The van der Waals surface area contributed by atoms with Gasteiger partial charge in [-0.3, -0.25) is 4.79 Å². The highest BCUT2D eigenvalue weighted by molar-refractivity contribution is 5.81. The minimum Gasteiger partial charge on any atom is -0.373 e. The lowest BCUT2D eigenvalue weighted by molar-refractivity contribution is -0.124. The van der Waals surface area contributed by atoms with Crippen molar-refractivity contribution in [2.75, 3.05) is 13.7 Å². The van der Waals surface area contributed by atoms with Crippen LogP contribution in [0.15, 0.2) is 0 Å². The SMILES string of the molecule is CN[C@@H](C)C(=O)NC1CCOC1(C)C. The predicted molar refractivity (Wildman–Crippen MR) is 55.1 cm³/mol. The highest BCUT2D eigenvalue weighted by atomic mass is 16.5. The summed E-state index contributed by atoms with van der Waals surface area (Å²) in [4.78, 5) is 11.6. The average molecular weight is 200 g/mol. The third kappa shape index (κ3) is 2.45. The summed E-state index contributed by atoms with van der Waals surface area (Å²) in [5.41, 5.74) is -0.233. The van der Waals surface area contributed by atoms with Crippen molar-refractivity contribution in [3.05, 3.63) is 0 Å². The van der Waals surface area contributed by atoms with E-state index in [0.29, 0.717) is 0 Å². The lowest BCUT2D eigenvalue weighted by Gasteiger charge is -2.27. The quantitative estimate of drug-likeness (QED) is 0.688. The van der Waals surface area contributed by atoms with Gasteiger partial charge in [0.05, 0.1) is 17.7 Å². The van der Waals surface area contributed by atoms with Gasteiger partial charge in [-0.05, 0) is 34.2 Å². The fourth-order valence-electron chi connectivity index (χ4n) is 1.56. The van der Waals surface area contributed by atoms with Crippen molar-refractivity contribution in [3.8, 4) is 0 Å². The molecule has 1 amide bonds. The van der Waals surface area contributed by atoms with Gasteiger partial charge in [-0.1, -0.05) is 0 Å². The Morgan fingerprint density at radius 3 is 2.64 bits per heavy atom. The number of carbonyl (C=O) groups excluding carboxylic acids is 1. The first kappa shape index (κ1) is 11.5. The normalized spacial score (nSPS) is 27.3. The summed E-state index contributed by atoms with van der Waals surface area (Å²) in [5.74, 6) is 0.0380. The van der Waals surface area contributed by atoms with Crippen LogP contribution < -0.4 is 10.6 Å². The van der Waals surface area contributed by atoms with Crippen molar-refractivity contribution in [1.29, 1.82) is 0 Å². The van der Waals surface area contributed by atoms with Crippen LogP contribution in [0, 0.1) is 0 Å². The molecule has 14 heavy (non-hydrogen) atoms. The molecule has 2 atom stereocenters. The zero-order valence-electron chi connectivity index (χ0n) is 9.39. The van der Waals surface area contributed by atoms with E-state index in [-0.39, 0.29) is 23.6 Å². The van der Waals surface area contributed by atoms with E-state index >= 15 is 0 Å². The van der Waals surface area contributed by atoms with Gasteiger partial charge >= 0.3 is 0 Å². The number of nitrogens with one attached hydrogen (secondary N) is 2. The van der Waals surface area contributed by atoms with Crippen LogP contribution in [0.4, 0.5) is 0 Å². The molecule has 1 rings (SSSR count). The first-order chi connectivity index (χ1) is 6.47. The molecule has 1 saturated heterocycles. The zero-order chi connectivity index (χ0) is 10.8. The molecule has 1 fully saturated rings. The van der Waals surface area contributed by atoms with Gasteiger partial charge in [0.15, 0.2) is 0 Å². The zero-order valence-corrected chi connectivity index (χ0v) is 9.39. The Morgan fingerprint density at radius 2 is 2.21 bits per heavy atom. The Hall–Kier alpha value is -0.610. The summed E-state index contributed by atoms with van der Waals surface area (Å²) in [6.45, 7) is 6.59. The van der Waals surface area contributed by atoms with Crippen LogP contribution in [-0.4, -0.2) is 37.2 Å². The fourth-order valence-corrected chi connectivity index (χ4v) is 1.56. The van der Waals surface area contributed by atoms with Crippen LogP contribution in [0.5, 0.6) is 0 Å². The average Bonchev–Trinajstić information content (AvgIpc) is 2.44. The number of hydrogen-bond acceptors (Lipinski definition) is 3. The van der Waals surface area contributed by atoms with E-state index in [0.717, 1.165) is 13.0 Å². The molecule has 4 heteroatoms. The topological polar surface area (TPSA) is 50.4 Å². The summed E-state index contributed by atoms with van der Waals surface area (Å²) in [5, 5.41) is 5.91. The van der Waals surface area contributed by atoms with Crippen LogP contribution in [-0.2, 0) is 9.53 Å². The minimum atomic E-state index is -0.233. The molecule has 0 saturated carbocycles. The van der Waals surface area contributed by atoms with E-state index in [1.54, 1.807) is 7.05 Å². The highest BCUT2D eigenvalue weighted by Gasteiger charge is 2.37. The summed E-state index contributed by atoms with van der Waals surface area (Å²) in [7, 11) is 1.78. The van der Waals surface area contributed by atoms with Crippen molar-refractivity contribution in [2.45, 2.75) is 44.9 Å². The van der Waals surface area contributed by atoms with Crippen molar-refractivity contribution >= 4 is 5.91 Å². The van der Waals surface area contributed by atoms with Gasteiger partial charge in [-0.25, -0.2) is 0 Å². The number of hydrogen-bond donors (Lipinski definition) is 2. The molecule has 1 aliphatic heterocycles. The van der Waals surface area contributed by atoms with E-state index in [9.17, 15) is 4.79 Å². The maximum Gasteiger partial charge on any atom is 0.237 e. The third-order valence-electron chi connectivity index (χ3n) is 2.86. The van der Waals surface area contributed by atoms with E-state index in [2.05, 4.69) is 10.6 Å². The largest absolute Gasteiger partial charge is 0.373 e. The van der Waals surface area contributed by atoms with Gasteiger partial charge in [0.25, 0.3) is 0 Å². The van der Waals surface area contributed by atoms with Crippen LogP contribution >= 0.6 is 0 Å². The Labute approximate surface area is 85.4 Å². The number of rotatable bonds is 3. The van der Waals surface area contributed by atoms with Gasteiger partial charge in [-0.15, -0.1) is 0 Å². The summed E-state index contributed by atoms with van der Waals surface area (Å²) in [6, 6.07) is -0.0165. The van der Waals surface area contributed by atoms with E-state index in [1.165, 1.54) is 0 Å². The van der Waals surface area contributed by atoms with Crippen LogP contribution in [0.1, 0.15) is 27.2 Å². The molecule has 82 valence electrons. The molecule has 1 heterocycles. The first-order valence-corrected chi connectivity index (χ1v) is 5.09. The molecule has 4 nitrogen and oxygen atoms in total. The summed E-state index contributed by atoms with van der Waals surface area (Å²) in [6.07, 6.45) is 0.898. The molecule has 0 aromatic carbocycles. The summed E-state index contributed by atoms with van der Waals surface area (Å²) < 4.78 is 5.53. The lowest BCUT2D eigenvalue weighted by atomic mass is 9.99. The third-order valence-corrected chi connectivity index (χ3v) is 2.86. The number of ether oxygens (including phenoxy) is 1. The van der Waals surface area contributed by atoms with Crippen molar-refractivity contribution < 1.29 is 9.53 Å². The monoisotopic (exact) mass is 200 g/mol. The van der Waals surface area contributed by atoms with Gasteiger partial charge < -0.3 is 15.4 Å². The fraction of sp³-hybridized carbons (Fsp3) is 0.900. The molecule has 1 aliphatic rings. The second-order valence-electron chi connectivity index (χ2n) is 4.31. The van der Waals surface area contributed by atoms with Gasteiger partial charge in [0, 0.05) is 6.61 Å². The number of amides is 1. The number of carbonyl (C=O) groups is 1. The Kier molecular flexibility index (Phi) is 3.50. The second-order valence-corrected chi connectivity index (χ2v) is 4.31. The smallest absolute Gasteiger partial charge is 0.237 e. The molecule has 0 aromatic heterocycles. The predicted octanol–water partition coefficient (Wildman–Crippen LogP) is 0.278. The maximum absolute atomic E-state index is 11.6. The Bertz CT molecular complexity index is 216. The van der Waals surface area contributed by atoms with Crippen LogP contribution in [0.3, 0.4) is 0 Å². The molecule has 2 N–H and O–H groups in total. The molecule has 0 aliphatic carbocycles. The van der Waals surface area contributed by atoms with Crippen molar-refractivity contribution in [1.82, 2.24) is 10.6 Å². The van der Waals surface area contributed by atoms with E-state index in [4.69, 9.17) is 4.74 Å². The van der Waals surface area contributed by atoms with Crippen LogP contribution in [0.2, 0.25) is 0 Å². The molecular weight excluding hydrogens is 180 g/mol. The number of likely N-dealkylation sites (N-methyl/N-ethyl adjacent to an activating group) is 1. The van der Waals surface area contributed by atoms with Gasteiger partial charge in [0.1, 0.15) is 0 Å². The lowest BCUT2D eigenvalue weighted by Crippen LogP contribution is -2.51. The molecule has 1 unspecified atom stereocenters. The van der Waals surface area contributed by atoms with Gasteiger partial charge in [-0.2, -0.15) is 0 Å². The highest BCUT2D eigenvalue weighted by Crippen LogP contribution is 2.24. The molecule has 0 bridgehead atoms. The second kappa shape index (κ2) is 4.28. The first-order valence-electron chi connectivity index (χ1n) is 5.09. The van der Waals surface area contributed by atoms with E-state index < -0.39 is 0 Å². The van der Waals surface area contributed by atoms with E-state index in [1.807, 2.05) is 20.8 Å². The Balaban J connectivity index is 2.48. The Morgan fingerprint density at radius 1 is 1.57 bits per heavy atom. The van der Waals surface area contributed by atoms with Crippen LogP contribution in [0.25, 0.3) is 0 Å². The molecule has 0 radical (unpaired) electrons.